The lowest BCUT2D eigenvalue weighted by molar-refractivity contribution is 0.563. The minimum absolute atomic E-state index is 0.191. The van der Waals surface area contributed by atoms with Crippen molar-refractivity contribution in [1.29, 1.82) is 0 Å². The van der Waals surface area contributed by atoms with Crippen LogP contribution in [0.5, 0.6) is 0 Å². The number of fused-ring (bicyclic) bond motifs is 24. The number of nitrogens with zero attached hydrogens (tertiary/aromatic N) is 2. The van der Waals surface area contributed by atoms with Crippen LogP contribution in [0.2, 0.25) is 0 Å². The summed E-state index contributed by atoms with van der Waals surface area (Å²) in [4.78, 5) is 5.10. The number of rotatable bonds is 10. The average Bonchev–Trinajstić information content (AvgIpc) is 1.44. The van der Waals surface area contributed by atoms with Crippen molar-refractivity contribution in [2.24, 2.45) is 0 Å². The second kappa shape index (κ2) is 24.7. The molecule has 2 heteroatoms. The molecule has 532 valence electrons. The van der Waals surface area contributed by atoms with E-state index in [0.29, 0.717) is 0 Å². The van der Waals surface area contributed by atoms with Crippen molar-refractivity contribution in [3.05, 3.63) is 419 Å². The molecular formula is C111H78N2. The predicted molar refractivity (Wildman–Crippen MR) is 482 cm³/mol. The summed E-state index contributed by atoms with van der Waals surface area (Å²) in [7, 11) is 0. The van der Waals surface area contributed by atoms with E-state index in [1.54, 1.807) is 0 Å². The Labute approximate surface area is 658 Å². The Kier molecular flexibility index (Phi) is 14.2. The summed E-state index contributed by atoms with van der Waals surface area (Å²) in [5.41, 5.74) is 30.1. The zero-order valence-electron chi connectivity index (χ0n) is 63.6. The minimum Gasteiger partial charge on any atom is -0.309 e. The molecule has 0 aromatic heterocycles. The summed E-state index contributed by atoms with van der Waals surface area (Å²) in [5.74, 6) is 0. The lowest BCUT2D eigenvalue weighted by atomic mass is 9.75. The molecule has 4 aliphatic rings. The van der Waals surface area contributed by atoms with E-state index in [2.05, 4.69) is 414 Å². The first-order valence-electron chi connectivity index (χ1n) is 40.0. The molecule has 0 fully saturated rings. The van der Waals surface area contributed by atoms with Crippen LogP contribution in [0, 0.1) is 0 Å². The molecule has 0 N–H and O–H groups in total. The maximum absolute atomic E-state index is 2.55. The van der Waals surface area contributed by atoms with Crippen LogP contribution in [0.15, 0.2) is 352 Å². The number of anilines is 6. The molecule has 0 saturated carbocycles. The molecule has 0 atom stereocenters. The minimum atomic E-state index is -0.280. The predicted octanol–water partition coefficient (Wildman–Crippen LogP) is 29.9. The Hall–Kier alpha value is -13.7. The van der Waals surface area contributed by atoms with Gasteiger partial charge in [0.2, 0.25) is 0 Å². The van der Waals surface area contributed by atoms with Crippen molar-refractivity contribution >= 4 is 145 Å². The van der Waals surface area contributed by atoms with E-state index in [4.69, 9.17) is 0 Å². The third kappa shape index (κ3) is 9.92. The number of benzene rings is 19. The van der Waals surface area contributed by atoms with Gasteiger partial charge in [-0.05, 0) is 226 Å². The SMILES string of the molecule is CC1(C)c2cc(/C=C/c3ccc4c(c3)C3(Cc5ccccc5C3)c3cc(/C=C/c5ccc6c(c5)C(C)(C)c5cc(N(c7cc8ccccc8c8ccccc78)c7cc8ccccc8c8ccccc78)ccc5-6)ccc3-4)ccc2-c2ccc(N(c3cc4ccccc4c4ccccc34)c3cc4ccccc4c4ccccc34)cc21. The monoisotopic (exact) mass is 1440 g/mol. The van der Waals surface area contributed by atoms with Crippen LogP contribution in [0.1, 0.15) is 94.5 Å². The highest BCUT2D eigenvalue weighted by Gasteiger charge is 2.48. The molecule has 0 radical (unpaired) electrons. The van der Waals surface area contributed by atoms with Crippen molar-refractivity contribution < 1.29 is 0 Å². The van der Waals surface area contributed by atoms with Gasteiger partial charge in [0.05, 0.1) is 22.7 Å². The van der Waals surface area contributed by atoms with Gasteiger partial charge in [-0.25, -0.2) is 0 Å². The topological polar surface area (TPSA) is 6.48 Å². The first kappa shape index (κ1) is 65.2. The second-order valence-corrected chi connectivity index (χ2v) is 33.1. The highest BCUT2D eigenvalue weighted by molar-refractivity contribution is 6.21. The van der Waals surface area contributed by atoms with Crippen LogP contribution in [0.4, 0.5) is 34.1 Å². The van der Waals surface area contributed by atoms with Crippen LogP contribution in [-0.2, 0) is 29.1 Å². The molecule has 0 saturated heterocycles. The molecule has 2 nitrogen and oxygen atoms in total. The molecule has 0 heterocycles. The molecule has 19 aromatic carbocycles. The fourth-order valence-corrected chi connectivity index (χ4v) is 20.8. The van der Waals surface area contributed by atoms with Gasteiger partial charge in [0, 0.05) is 49.2 Å². The van der Waals surface area contributed by atoms with E-state index in [-0.39, 0.29) is 16.2 Å². The van der Waals surface area contributed by atoms with Gasteiger partial charge in [-0.1, -0.05) is 355 Å². The van der Waals surface area contributed by atoms with Crippen molar-refractivity contribution in [1.82, 2.24) is 0 Å². The van der Waals surface area contributed by atoms with E-state index in [1.807, 2.05) is 0 Å². The maximum atomic E-state index is 2.55. The van der Waals surface area contributed by atoms with Crippen molar-refractivity contribution in [2.45, 2.75) is 56.8 Å². The number of hydrogen-bond acceptors (Lipinski definition) is 2. The van der Waals surface area contributed by atoms with Crippen molar-refractivity contribution in [3.63, 3.8) is 0 Å². The largest absolute Gasteiger partial charge is 0.309 e. The molecule has 4 aliphatic carbocycles. The Bertz CT molecular complexity index is 6720. The third-order valence-electron chi connectivity index (χ3n) is 26.3. The molecule has 0 unspecified atom stereocenters. The van der Waals surface area contributed by atoms with Crippen molar-refractivity contribution in [2.75, 3.05) is 9.80 Å². The van der Waals surface area contributed by atoms with Crippen LogP contribution in [-0.4, -0.2) is 0 Å². The Morgan fingerprint density at radius 1 is 0.212 bits per heavy atom. The lowest BCUT2D eigenvalue weighted by Gasteiger charge is -2.31. The standard InChI is InChI=1S/C111H78N2/c1-109(2)99-57-69(45-51-89(99)91-55-49-79(65-101(91)109)112(105-61-73-23-7-11-29-81(73)85-33-15-19-37-95(85)105)106-62-74-24-8-12-30-82(74)86-34-16-20-38-96(86)106)41-43-71-47-53-93-94-54-48-72(60-104(94)111(103(93)59-71)67-77-27-5-6-28-78(77)68-111)44-42-70-46-52-90-92-56-50-80(66-102(92)110(3,4)100(90)58-70)113(107-63-75-25-9-13-31-83(75)87-35-17-21-39-97(87)107)108-64-76-26-10-14-32-84(76)88-36-18-22-40-98(88)108/h5-66H,67-68H2,1-4H3/b43-41+,44-42+. The van der Waals surface area contributed by atoms with E-state index < -0.39 is 0 Å². The summed E-state index contributed by atoms with van der Waals surface area (Å²) >= 11 is 0. The third-order valence-corrected chi connectivity index (χ3v) is 26.3. The van der Waals surface area contributed by atoms with Crippen LogP contribution in [0.3, 0.4) is 0 Å². The van der Waals surface area contributed by atoms with Gasteiger partial charge in [0.15, 0.2) is 0 Å². The van der Waals surface area contributed by atoms with Gasteiger partial charge in [-0.2, -0.15) is 0 Å². The van der Waals surface area contributed by atoms with Crippen LogP contribution < -0.4 is 9.80 Å². The molecule has 113 heavy (non-hydrogen) atoms. The lowest BCUT2D eigenvalue weighted by Crippen LogP contribution is -2.26. The van der Waals surface area contributed by atoms with Gasteiger partial charge < -0.3 is 9.80 Å². The summed E-state index contributed by atoms with van der Waals surface area (Å²) < 4.78 is 0. The first-order chi connectivity index (χ1) is 55.5. The van der Waals surface area contributed by atoms with Gasteiger partial charge in [-0.3, -0.25) is 0 Å². The van der Waals surface area contributed by atoms with Crippen molar-refractivity contribution in [3.8, 4) is 33.4 Å². The molecule has 1 spiro atoms. The Morgan fingerprint density at radius 2 is 0.442 bits per heavy atom. The quantitative estimate of drug-likeness (QED) is 0.0995. The maximum Gasteiger partial charge on any atom is 0.0546 e. The summed E-state index contributed by atoms with van der Waals surface area (Å²) in [6.07, 6.45) is 11.3. The van der Waals surface area contributed by atoms with Gasteiger partial charge in [-0.15, -0.1) is 0 Å². The normalized spacial score (nSPS) is 14.4. The fourth-order valence-electron chi connectivity index (χ4n) is 20.8. The second-order valence-electron chi connectivity index (χ2n) is 33.1. The van der Waals surface area contributed by atoms with Crippen LogP contribution in [0.25, 0.3) is 144 Å². The molecule has 19 aromatic rings. The summed E-state index contributed by atoms with van der Waals surface area (Å²) in [6.45, 7) is 9.69. The highest BCUT2D eigenvalue weighted by atomic mass is 15.2. The molecule has 0 bridgehead atoms. The average molecular weight is 1440 g/mol. The van der Waals surface area contributed by atoms with E-state index in [0.717, 1.165) is 47.0 Å². The Morgan fingerprint density at radius 3 is 0.743 bits per heavy atom. The number of hydrogen-bond donors (Lipinski definition) is 0. The van der Waals surface area contributed by atoms with Crippen LogP contribution >= 0.6 is 0 Å². The zero-order valence-corrected chi connectivity index (χ0v) is 63.6. The fraction of sp³-hybridized carbons (Fsp3) is 0.0811. The molecule has 23 rings (SSSR count). The summed E-state index contributed by atoms with van der Waals surface area (Å²) in [5, 5.41) is 19.8. The van der Waals surface area contributed by atoms with E-state index >= 15 is 0 Å². The van der Waals surface area contributed by atoms with Gasteiger partial charge >= 0.3 is 0 Å². The smallest absolute Gasteiger partial charge is 0.0546 e. The van der Waals surface area contributed by atoms with Gasteiger partial charge in [0.25, 0.3) is 0 Å². The zero-order chi connectivity index (χ0) is 75.0. The van der Waals surface area contributed by atoms with Gasteiger partial charge in [0.1, 0.15) is 0 Å². The molecular weight excluding hydrogens is 1360 g/mol. The van der Waals surface area contributed by atoms with E-state index in [9.17, 15) is 0 Å². The molecule has 0 amide bonds. The first-order valence-corrected chi connectivity index (χ1v) is 40.0. The molecule has 0 aliphatic heterocycles. The summed E-state index contributed by atoms with van der Waals surface area (Å²) in [6, 6.07) is 133. The van der Waals surface area contributed by atoms with E-state index in [1.165, 1.54) is 186 Å². The highest BCUT2D eigenvalue weighted by Crippen LogP contribution is 2.59. The Balaban J connectivity index is 0.560.